The van der Waals surface area contributed by atoms with Crippen LogP contribution >= 0.6 is 0 Å². The van der Waals surface area contributed by atoms with Gasteiger partial charge in [0.05, 0.1) is 6.42 Å². The van der Waals surface area contributed by atoms with Gasteiger partial charge in [-0.15, -0.1) is 0 Å². The average molecular weight is 457 g/mol. The summed E-state index contributed by atoms with van der Waals surface area (Å²) in [6, 6.07) is 25.4. The zero-order valence-electron chi connectivity index (χ0n) is 21.0. The van der Waals surface area contributed by atoms with Crippen LogP contribution < -0.4 is 5.32 Å². The third-order valence-corrected chi connectivity index (χ3v) is 5.85. The van der Waals surface area contributed by atoms with E-state index >= 15 is 0 Å². The molecule has 3 aromatic carbocycles. The first-order chi connectivity index (χ1) is 16.1. The quantitative estimate of drug-likeness (QED) is 0.493. The van der Waals surface area contributed by atoms with Crippen molar-refractivity contribution in [3.8, 4) is 0 Å². The maximum Gasteiger partial charge on any atom is 0.243 e. The van der Waals surface area contributed by atoms with E-state index in [0.29, 0.717) is 13.0 Å². The van der Waals surface area contributed by atoms with E-state index in [-0.39, 0.29) is 18.2 Å². The first-order valence-corrected chi connectivity index (χ1v) is 11.9. The molecule has 0 aliphatic carbocycles. The van der Waals surface area contributed by atoms with Crippen LogP contribution in [0.15, 0.2) is 78.9 Å². The number of benzene rings is 3. The lowest BCUT2D eigenvalue weighted by Gasteiger charge is -2.34. The summed E-state index contributed by atoms with van der Waals surface area (Å²) in [5, 5.41) is 3.11. The van der Waals surface area contributed by atoms with Gasteiger partial charge in [0, 0.05) is 18.5 Å². The van der Waals surface area contributed by atoms with Crippen LogP contribution in [0.1, 0.15) is 48.6 Å². The Morgan fingerprint density at radius 2 is 1.44 bits per heavy atom. The molecule has 0 unspecified atom stereocenters. The van der Waals surface area contributed by atoms with Crippen molar-refractivity contribution in [3.63, 3.8) is 0 Å². The van der Waals surface area contributed by atoms with E-state index in [0.717, 1.165) is 27.8 Å². The molecule has 1 atom stereocenters. The second kappa shape index (κ2) is 11.1. The van der Waals surface area contributed by atoms with Gasteiger partial charge in [-0.2, -0.15) is 0 Å². The van der Waals surface area contributed by atoms with Gasteiger partial charge in [0.2, 0.25) is 11.8 Å². The fourth-order valence-electron chi connectivity index (χ4n) is 3.97. The number of hydrogen-bond acceptors (Lipinski definition) is 2. The Hall–Kier alpha value is -3.40. The Kier molecular flexibility index (Phi) is 8.27. The van der Waals surface area contributed by atoms with Crippen molar-refractivity contribution in [2.75, 3.05) is 0 Å². The highest BCUT2D eigenvalue weighted by atomic mass is 16.2. The summed E-state index contributed by atoms with van der Waals surface area (Å²) in [4.78, 5) is 29.1. The monoisotopic (exact) mass is 456 g/mol. The topological polar surface area (TPSA) is 49.4 Å². The van der Waals surface area contributed by atoms with Gasteiger partial charge in [-0.1, -0.05) is 84.4 Å². The average Bonchev–Trinajstić information content (AvgIpc) is 2.78. The van der Waals surface area contributed by atoms with E-state index in [1.165, 1.54) is 0 Å². The van der Waals surface area contributed by atoms with Crippen molar-refractivity contribution >= 4 is 11.8 Å². The molecule has 0 saturated heterocycles. The molecule has 0 aromatic heterocycles. The van der Waals surface area contributed by atoms with Crippen molar-refractivity contribution in [2.45, 2.75) is 65.6 Å². The molecule has 34 heavy (non-hydrogen) atoms. The Balaban J connectivity index is 1.99. The van der Waals surface area contributed by atoms with Gasteiger partial charge < -0.3 is 10.2 Å². The molecule has 3 rings (SSSR count). The maximum atomic E-state index is 13.8. The molecule has 2 amide bonds. The SMILES string of the molecule is Cc1ccc(CN(C(=O)Cc2ccccc2C)[C@H](Cc2ccccc2)C(=O)NC(C)(C)C)cc1. The van der Waals surface area contributed by atoms with Crippen LogP contribution in [0.25, 0.3) is 0 Å². The molecule has 0 spiro atoms. The van der Waals surface area contributed by atoms with E-state index < -0.39 is 11.6 Å². The molecule has 0 heterocycles. The number of carbonyl (C=O) groups is 2. The Morgan fingerprint density at radius 3 is 2.06 bits per heavy atom. The second-order valence-corrected chi connectivity index (χ2v) is 10.1. The Bertz CT molecular complexity index is 1100. The number of carbonyl (C=O) groups excluding carboxylic acids is 2. The smallest absolute Gasteiger partial charge is 0.243 e. The van der Waals surface area contributed by atoms with E-state index in [2.05, 4.69) is 5.32 Å². The standard InChI is InChI=1S/C30H36N2O2/c1-22-15-17-25(18-16-22)21-32(28(33)20-26-14-10-9-11-23(26)2)27(29(34)31-30(3,4)5)19-24-12-7-6-8-13-24/h6-18,27H,19-21H2,1-5H3,(H,31,34)/t27-/m1/s1. The molecule has 4 nitrogen and oxygen atoms in total. The van der Waals surface area contributed by atoms with E-state index in [1.807, 2.05) is 113 Å². The number of aryl methyl sites for hydroxylation is 2. The van der Waals surface area contributed by atoms with Crippen LogP contribution in [0.3, 0.4) is 0 Å². The fourth-order valence-corrected chi connectivity index (χ4v) is 3.97. The zero-order valence-corrected chi connectivity index (χ0v) is 21.0. The number of hydrogen-bond donors (Lipinski definition) is 1. The van der Waals surface area contributed by atoms with E-state index in [1.54, 1.807) is 4.90 Å². The van der Waals surface area contributed by atoms with Crippen molar-refractivity contribution in [1.82, 2.24) is 10.2 Å². The minimum atomic E-state index is -0.626. The summed E-state index contributed by atoms with van der Waals surface area (Å²) >= 11 is 0. The van der Waals surface area contributed by atoms with Crippen molar-refractivity contribution in [2.24, 2.45) is 0 Å². The lowest BCUT2D eigenvalue weighted by molar-refractivity contribution is -0.141. The number of nitrogens with zero attached hydrogens (tertiary/aromatic N) is 1. The van der Waals surface area contributed by atoms with Crippen LogP contribution in [-0.4, -0.2) is 28.3 Å². The van der Waals surface area contributed by atoms with Gasteiger partial charge in [0.15, 0.2) is 0 Å². The number of nitrogens with one attached hydrogen (secondary N) is 1. The summed E-state index contributed by atoms with van der Waals surface area (Å²) in [6.07, 6.45) is 0.709. The summed E-state index contributed by atoms with van der Waals surface area (Å²) in [6.45, 7) is 10.3. The molecule has 178 valence electrons. The summed E-state index contributed by atoms with van der Waals surface area (Å²) < 4.78 is 0. The molecular formula is C30H36N2O2. The minimum Gasteiger partial charge on any atom is -0.350 e. The lowest BCUT2D eigenvalue weighted by atomic mass is 9.99. The first-order valence-electron chi connectivity index (χ1n) is 11.9. The third-order valence-electron chi connectivity index (χ3n) is 5.85. The predicted octanol–water partition coefficient (Wildman–Crippen LogP) is 5.40. The molecule has 0 bridgehead atoms. The molecule has 4 heteroatoms. The minimum absolute atomic E-state index is 0.0557. The Morgan fingerprint density at radius 1 is 0.824 bits per heavy atom. The van der Waals surface area contributed by atoms with Gasteiger partial charge >= 0.3 is 0 Å². The van der Waals surface area contributed by atoms with Crippen LogP contribution in [0, 0.1) is 13.8 Å². The third kappa shape index (κ3) is 7.31. The second-order valence-electron chi connectivity index (χ2n) is 10.1. The molecule has 1 N–H and O–H groups in total. The number of amides is 2. The van der Waals surface area contributed by atoms with Crippen LogP contribution in [0.2, 0.25) is 0 Å². The van der Waals surface area contributed by atoms with Gasteiger partial charge in [0.1, 0.15) is 6.04 Å². The van der Waals surface area contributed by atoms with Crippen molar-refractivity contribution in [1.29, 1.82) is 0 Å². The van der Waals surface area contributed by atoms with Crippen LogP contribution in [0.5, 0.6) is 0 Å². The highest BCUT2D eigenvalue weighted by molar-refractivity contribution is 5.89. The molecule has 0 fully saturated rings. The highest BCUT2D eigenvalue weighted by Crippen LogP contribution is 2.19. The van der Waals surface area contributed by atoms with Crippen LogP contribution in [0.4, 0.5) is 0 Å². The maximum absolute atomic E-state index is 13.8. The van der Waals surface area contributed by atoms with E-state index in [9.17, 15) is 9.59 Å². The van der Waals surface area contributed by atoms with Gasteiger partial charge in [-0.05, 0) is 56.9 Å². The Labute approximate surface area is 204 Å². The fraction of sp³-hybridized carbons (Fsp3) is 0.333. The normalized spacial score (nSPS) is 12.1. The molecule has 0 aliphatic heterocycles. The molecular weight excluding hydrogens is 420 g/mol. The predicted molar refractivity (Wildman–Crippen MR) is 138 cm³/mol. The molecule has 0 saturated carbocycles. The van der Waals surface area contributed by atoms with E-state index in [4.69, 9.17) is 0 Å². The molecule has 3 aromatic rings. The summed E-state index contributed by atoms with van der Waals surface area (Å²) in [5.74, 6) is -0.193. The number of rotatable bonds is 8. The highest BCUT2D eigenvalue weighted by Gasteiger charge is 2.32. The summed E-state index contributed by atoms with van der Waals surface area (Å²) in [7, 11) is 0. The zero-order chi connectivity index (χ0) is 24.7. The lowest BCUT2D eigenvalue weighted by Crippen LogP contribution is -2.54. The van der Waals surface area contributed by atoms with Gasteiger partial charge in [-0.25, -0.2) is 0 Å². The first kappa shape index (κ1) is 25.2. The largest absolute Gasteiger partial charge is 0.350 e. The molecule has 0 radical (unpaired) electrons. The van der Waals surface area contributed by atoms with Crippen LogP contribution in [-0.2, 0) is 29.0 Å². The molecule has 0 aliphatic rings. The van der Waals surface area contributed by atoms with Gasteiger partial charge in [0.25, 0.3) is 0 Å². The van der Waals surface area contributed by atoms with Crippen molar-refractivity contribution in [3.05, 3.63) is 107 Å². The van der Waals surface area contributed by atoms with Crippen molar-refractivity contribution < 1.29 is 9.59 Å². The van der Waals surface area contributed by atoms with Gasteiger partial charge in [-0.3, -0.25) is 9.59 Å². The summed E-state index contributed by atoms with van der Waals surface area (Å²) in [5.41, 5.74) is 4.84.